The molecule has 1 fully saturated rings. The number of carbonyl (C=O) groups excluding carboxylic acids is 1. The van der Waals surface area contributed by atoms with Crippen molar-refractivity contribution in [3.8, 4) is 11.3 Å². The highest BCUT2D eigenvalue weighted by Gasteiger charge is 2.35. The molecule has 1 aromatic carbocycles. The van der Waals surface area contributed by atoms with Gasteiger partial charge in [-0.15, -0.1) is 0 Å². The number of benzene rings is 1. The Hall–Kier alpha value is -3.22. The van der Waals surface area contributed by atoms with E-state index in [2.05, 4.69) is 15.1 Å². The van der Waals surface area contributed by atoms with Crippen molar-refractivity contribution in [1.29, 1.82) is 0 Å². The lowest BCUT2D eigenvalue weighted by Gasteiger charge is -2.21. The van der Waals surface area contributed by atoms with Crippen LogP contribution in [0, 0.1) is 6.92 Å². The Morgan fingerprint density at radius 1 is 1.23 bits per heavy atom. The first-order valence-corrected chi connectivity index (χ1v) is 8.53. The summed E-state index contributed by atoms with van der Waals surface area (Å²) < 4.78 is 5.23. The lowest BCUT2D eigenvalue weighted by molar-refractivity contribution is 0.0708. The van der Waals surface area contributed by atoms with E-state index in [9.17, 15) is 9.59 Å². The molecule has 0 radical (unpaired) electrons. The van der Waals surface area contributed by atoms with Crippen LogP contribution in [0.2, 0.25) is 0 Å². The van der Waals surface area contributed by atoms with Gasteiger partial charge in [-0.3, -0.25) is 9.59 Å². The van der Waals surface area contributed by atoms with Gasteiger partial charge in [0.05, 0.1) is 0 Å². The van der Waals surface area contributed by atoms with Crippen molar-refractivity contribution in [1.82, 2.24) is 20.0 Å². The van der Waals surface area contributed by atoms with E-state index in [-0.39, 0.29) is 17.5 Å². The number of carbonyl (C=O) groups is 1. The molecule has 1 amide bonds. The van der Waals surface area contributed by atoms with Gasteiger partial charge >= 0.3 is 0 Å². The van der Waals surface area contributed by atoms with Gasteiger partial charge in [0.25, 0.3) is 11.5 Å². The normalized spacial score (nSPS) is 16.8. The molecule has 7 heteroatoms. The molecule has 3 aromatic rings. The van der Waals surface area contributed by atoms with Gasteiger partial charge in [0.2, 0.25) is 5.89 Å². The third-order valence-corrected chi connectivity index (χ3v) is 4.57. The van der Waals surface area contributed by atoms with Crippen LogP contribution in [-0.4, -0.2) is 32.5 Å². The third-order valence-electron chi connectivity index (χ3n) is 4.57. The zero-order valence-electron chi connectivity index (χ0n) is 14.3. The molecule has 4 rings (SSSR count). The van der Waals surface area contributed by atoms with Gasteiger partial charge < -0.3 is 14.4 Å². The summed E-state index contributed by atoms with van der Waals surface area (Å²) in [7, 11) is 0. The zero-order valence-corrected chi connectivity index (χ0v) is 14.3. The number of hydrogen-bond acceptors (Lipinski definition) is 5. The average Bonchev–Trinajstić information content (AvgIpc) is 3.30. The molecule has 3 heterocycles. The summed E-state index contributed by atoms with van der Waals surface area (Å²) in [5.41, 5.74) is 1.29. The second kappa shape index (κ2) is 6.59. The van der Waals surface area contributed by atoms with Gasteiger partial charge in [0.1, 0.15) is 11.6 Å². The zero-order chi connectivity index (χ0) is 18.1. The second-order valence-electron chi connectivity index (χ2n) is 6.32. The molecule has 0 unspecified atom stereocenters. The second-order valence-corrected chi connectivity index (χ2v) is 6.32. The molecule has 132 valence electrons. The SMILES string of the molecule is Cc1noc([C@@H]2CCCN2C(=O)c2ccc(-c3ccccc3)[nH]c2=O)n1. The Morgan fingerprint density at radius 3 is 2.73 bits per heavy atom. The number of aromatic nitrogens is 3. The van der Waals surface area contributed by atoms with Crippen molar-refractivity contribution < 1.29 is 9.32 Å². The van der Waals surface area contributed by atoms with Gasteiger partial charge in [0, 0.05) is 12.2 Å². The van der Waals surface area contributed by atoms with Crippen molar-refractivity contribution in [3.63, 3.8) is 0 Å². The Bertz CT molecular complexity index is 993. The summed E-state index contributed by atoms with van der Waals surface area (Å²) in [5, 5.41) is 3.80. The minimum Gasteiger partial charge on any atom is -0.337 e. The van der Waals surface area contributed by atoms with Crippen LogP contribution >= 0.6 is 0 Å². The van der Waals surface area contributed by atoms with Gasteiger partial charge in [-0.25, -0.2) is 0 Å². The van der Waals surface area contributed by atoms with Crippen molar-refractivity contribution >= 4 is 5.91 Å². The summed E-state index contributed by atoms with van der Waals surface area (Å²) in [4.78, 5) is 34.1. The molecule has 1 N–H and O–H groups in total. The summed E-state index contributed by atoms with van der Waals surface area (Å²) >= 11 is 0. The molecule has 1 saturated heterocycles. The van der Waals surface area contributed by atoms with Crippen LogP contribution in [0.15, 0.2) is 51.8 Å². The summed E-state index contributed by atoms with van der Waals surface area (Å²) in [6, 6.07) is 12.6. The maximum atomic E-state index is 12.9. The third kappa shape index (κ3) is 2.92. The molecular formula is C19H18N4O3. The highest BCUT2D eigenvalue weighted by molar-refractivity contribution is 5.94. The first kappa shape index (κ1) is 16.3. The van der Waals surface area contributed by atoms with Crippen LogP contribution < -0.4 is 5.56 Å². The van der Waals surface area contributed by atoms with Crippen LogP contribution in [0.1, 0.15) is 41.0 Å². The van der Waals surface area contributed by atoms with E-state index in [1.54, 1.807) is 24.0 Å². The highest BCUT2D eigenvalue weighted by Crippen LogP contribution is 2.31. The maximum absolute atomic E-state index is 12.9. The fourth-order valence-corrected chi connectivity index (χ4v) is 3.30. The molecule has 0 spiro atoms. The van der Waals surface area contributed by atoms with Crippen LogP contribution in [0.4, 0.5) is 0 Å². The number of aryl methyl sites for hydroxylation is 1. The first-order chi connectivity index (χ1) is 12.6. The largest absolute Gasteiger partial charge is 0.337 e. The molecular weight excluding hydrogens is 332 g/mol. The number of amides is 1. The monoisotopic (exact) mass is 350 g/mol. The van der Waals surface area contributed by atoms with E-state index in [0.717, 1.165) is 18.4 Å². The average molecular weight is 350 g/mol. The Labute approximate surface area is 149 Å². The van der Waals surface area contributed by atoms with Crippen molar-refractivity contribution in [2.75, 3.05) is 6.54 Å². The summed E-state index contributed by atoms with van der Waals surface area (Å²) in [5.74, 6) is 0.638. The van der Waals surface area contributed by atoms with Crippen molar-refractivity contribution in [3.05, 3.63) is 70.1 Å². The van der Waals surface area contributed by atoms with Gasteiger partial charge in [-0.1, -0.05) is 35.5 Å². The molecule has 1 aliphatic rings. The van der Waals surface area contributed by atoms with E-state index in [1.807, 2.05) is 30.3 Å². The van der Waals surface area contributed by atoms with Crippen molar-refractivity contribution in [2.45, 2.75) is 25.8 Å². The lowest BCUT2D eigenvalue weighted by atomic mass is 10.1. The van der Waals surface area contributed by atoms with E-state index in [0.29, 0.717) is 24.0 Å². The van der Waals surface area contributed by atoms with Crippen LogP contribution in [0.5, 0.6) is 0 Å². The Balaban J connectivity index is 1.63. The molecule has 1 aliphatic heterocycles. The fourth-order valence-electron chi connectivity index (χ4n) is 3.30. The number of pyridine rings is 1. The predicted octanol–water partition coefficient (Wildman–Crippen LogP) is 2.71. The van der Waals surface area contributed by atoms with Crippen LogP contribution in [0.25, 0.3) is 11.3 Å². The molecule has 0 saturated carbocycles. The summed E-state index contributed by atoms with van der Waals surface area (Å²) in [6.45, 7) is 2.30. The molecule has 26 heavy (non-hydrogen) atoms. The number of H-pyrrole nitrogens is 1. The number of nitrogens with zero attached hydrogens (tertiary/aromatic N) is 3. The number of hydrogen-bond donors (Lipinski definition) is 1. The highest BCUT2D eigenvalue weighted by atomic mass is 16.5. The smallest absolute Gasteiger partial charge is 0.261 e. The molecule has 1 atom stereocenters. The number of nitrogens with one attached hydrogen (secondary N) is 1. The molecule has 0 aliphatic carbocycles. The van der Waals surface area contributed by atoms with Crippen molar-refractivity contribution in [2.24, 2.45) is 0 Å². The quantitative estimate of drug-likeness (QED) is 0.784. The first-order valence-electron chi connectivity index (χ1n) is 8.53. The topological polar surface area (TPSA) is 92.1 Å². The Morgan fingerprint density at radius 2 is 2.04 bits per heavy atom. The number of rotatable bonds is 3. The Kier molecular flexibility index (Phi) is 4.12. The van der Waals surface area contributed by atoms with E-state index in [4.69, 9.17) is 4.52 Å². The molecule has 2 aromatic heterocycles. The molecule has 0 bridgehead atoms. The van der Waals surface area contributed by atoms with Gasteiger partial charge in [0.15, 0.2) is 5.82 Å². The van der Waals surface area contributed by atoms with Gasteiger partial charge in [-0.05, 0) is 37.5 Å². The summed E-state index contributed by atoms with van der Waals surface area (Å²) in [6.07, 6.45) is 1.57. The molecule has 7 nitrogen and oxygen atoms in total. The van der Waals surface area contributed by atoms with Gasteiger partial charge in [-0.2, -0.15) is 4.98 Å². The minimum atomic E-state index is -0.399. The predicted molar refractivity (Wildman–Crippen MR) is 94.5 cm³/mol. The number of aromatic amines is 1. The standard InChI is InChI=1S/C19H18N4O3/c1-12-20-18(26-22-12)16-8-5-11-23(16)19(25)14-9-10-15(21-17(14)24)13-6-3-2-4-7-13/h2-4,6-7,9-10,16H,5,8,11H2,1H3,(H,21,24)/t16-/m0/s1. The number of likely N-dealkylation sites (tertiary alicyclic amines) is 1. The minimum absolute atomic E-state index is 0.118. The van der Waals surface area contributed by atoms with E-state index < -0.39 is 5.56 Å². The van der Waals surface area contributed by atoms with E-state index in [1.165, 1.54) is 0 Å². The lowest BCUT2D eigenvalue weighted by Crippen LogP contribution is -2.34. The maximum Gasteiger partial charge on any atom is 0.261 e. The van der Waals surface area contributed by atoms with E-state index >= 15 is 0 Å². The van der Waals surface area contributed by atoms with Crippen LogP contribution in [-0.2, 0) is 0 Å². The fraction of sp³-hybridized carbons (Fsp3) is 0.263. The van der Waals surface area contributed by atoms with Crippen LogP contribution in [0.3, 0.4) is 0 Å².